The normalized spacial score (nSPS) is 24.2. The standard InChI is InChI=1S/C18H20N6O/c19-16(12-3-1-2-10(4-12)8-25)15-17(20)22-9-23-18(15)24-14-6-11-5-13(14)21-7-11/h1-4,8-9,11,13-14,19,21H,5-7H2,(H3,20,22,23,24). The number of fused-ring (bicyclic) bond motifs is 2. The van der Waals surface area contributed by atoms with E-state index in [1.54, 1.807) is 24.3 Å². The van der Waals surface area contributed by atoms with E-state index in [0.29, 0.717) is 34.5 Å². The van der Waals surface area contributed by atoms with Gasteiger partial charge >= 0.3 is 0 Å². The zero-order valence-corrected chi connectivity index (χ0v) is 13.7. The highest BCUT2D eigenvalue weighted by molar-refractivity contribution is 6.16. The van der Waals surface area contributed by atoms with Crippen molar-refractivity contribution in [3.05, 3.63) is 47.3 Å². The van der Waals surface area contributed by atoms with Crippen LogP contribution >= 0.6 is 0 Å². The first kappa shape index (κ1) is 15.7. The second-order valence-corrected chi connectivity index (χ2v) is 6.70. The van der Waals surface area contributed by atoms with Crippen LogP contribution < -0.4 is 16.4 Å². The molecule has 1 aromatic heterocycles. The molecule has 1 saturated carbocycles. The summed E-state index contributed by atoms with van der Waals surface area (Å²) in [7, 11) is 0. The molecular formula is C18H20N6O. The number of nitrogens with two attached hydrogens (primary N) is 1. The summed E-state index contributed by atoms with van der Waals surface area (Å²) in [6.45, 7) is 1.08. The summed E-state index contributed by atoms with van der Waals surface area (Å²) in [6.07, 6.45) is 4.44. The van der Waals surface area contributed by atoms with Crippen LogP contribution in [0.25, 0.3) is 0 Å². The highest BCUT2D eigenvalue weighted by Crippen LogP contribution is 2.34. The highest BCUT2D eigenvalue weighted by atomic mass is 16.1. The lowest BCUT2D eigenvalue weighted by molar-refractivity contribution is 0.112. The number of nitrogen functional groups attached to an aromatic ring is 1. The van der Waals surface area contributed by atoms with E-state index >= 15 is 0 Å². The quantitative estimate of drug-likeness (QED) is 0.485. The average molecular weight is 336 g/mol. The molecule has 1 aliphatic carbocycles. The van der Waals surface area contributed by atoms with Crippen LogP contribution in [0.4, 0.5) is 11.6 Å². The van der Waals surface area contributed by atoms with Crippen molar-refractivity contribution in [3.8, 4) is 0 Å². The van der Waals surface area contributed by atoms with Gasteiger partial charge in [0.05, 0.1) is 11.3 Å². The molecule has 7 heteroatoms. The van der Waals surface area contributed by atoms with Gasteiger partial charge < -0.3 is 16.4 Å². The number of piperidine rings is 1. The number of carbonyl (C=O) groups excluding carboxylic acids is 1. The largest absolute Gasteiger partial charge is 0.383 e. The first-order chi connectivity index (χ1) is 12.2. The highest BCUT2D eigenvalue weighted by Gasteiger charge is 2.39. The van der Waals surface area contributed by atoms with Gasteiger partial charge in [-0.15, -0.1) is 0 Å². The average Bonchev–Trinajstić information content (AvgIpc) is 3.24. The van der Waals surface area contributed by atoms with Crippen molar-refractivity contribution in [2.45, 2.75) is 24.9 Å². The third-order valence-electron chi connectivity index (χ3n) is 5.09. The van der Waals surface area contributed by atoms with E-state index in [-0.39, 0.29) is 17.6 Å². The number of rotatable bonds is 5. The van der Waals surface area contributed by atoms with Gasteiger partial charge in [0.25, 0.3) is 0 Å². The molecule has 0 radical (unpaired) electrons. The predicted octanol–water partition coefficient (Wildman–Crippen LogP) is 1.45. The lowest BCUT2D eigenvalue weighted by atomic mass is 10.0. The van der Waals surface area contributed by atoms with E-state index in [1.807, 2.05) is 0 Å². The molecule has 5 N–H and O–H groups in total. The van der Waals surface area contributed by atoms with E-state index in [1.165, 1.54) is 12.7 Å². The smallest absolute Gasteiger partial charge is 0.150 e. The first-order valence-electron chi connectivity index (χ1n) is 8.40. The maximum Gasteiger partial charge on any atom is 0.150 e. The van der Waals surface area contributed by atoms with Gasteiger partial charge in [-0.25, -0.2) is 9.97 Å². The van der Waals surface area contributed by atoms with Gasteiger partial charge in [-0.05, 0) is 31.4 Å². The second-order valence-electron chi connectivity index (χ2n) is 6.70. The van der Waals surface area contributed by atoms with Crippen LogP contribution in [-0.2, 0) is 0 Å². The maximum absolute atomic E-state index is 11.0. The Morgan fingerprint density at radius 3 is 2.96 bits per heavy atom. The fraction of sp³-hybridized carbons (Fsp3) is 0.333. The Morgan fingerprint density at radius 2 is 2.24 bits per heavy atom. The second kappa shape index (κ2) is 6.25. The number of aromatic nitrogens is 2. The molecule has 0 spiro atoms. The summed E-state index contributed by atoms with van der Waals surface area (Å²) in [5, 5.41) is 15.5. The van der Waals surface area contributed by atoms with Crippen LogP contribution in [0.1, 0.15) is 34.3 Å². The summed E-state index contributed by atoms with van der Waals surface area (Å²) in [5.41, 5.74) is 7.88. The molecule has 1 aliphatic heterocycles. The number of hydrogen-bond acceptors (Lipinski definition) is 7. The first-order valence-corrected chi connectivity index (χ1v) is 8.40. The zero-order chi connectivity index (χ0) is 17.4. The minimum Gasteiger partial charge on any atom is -0.383 e. The van der Waals surface area contributed by atoms with E-state index in [4.69, 9.17) is 11.1 Å². The van der Waals surface area contributed by atoms with Crippen LogP contribution in [0.15, 0.2) is 30.6 Å². The molecule has 2 aromatic rings. The molecule has 3 unspecified atom stereocenters. The van der Waals surface area contributed by atoms with E-state index in [2.05, 4.69) is 20.6 Å². The Kier molecular flexibility index (Phi) is 3.93. The molecule has 1 aromatic carbocycles. The van der Waals surface area contributed by atoms with E-state index in [9.17, 15) is 4.79 Å². The molecular weight excluding hydrogens is 316 g/mol. The van der Waals surface area contributed by atoms with Gasteiger partial charge in [0, 0.05) is 23.2 Å². The lowest BCUT2D eigenvalue weighted by Gasteiger charge is -2.25. The van der Waals surface area contributed by atoms with Crippen molar-refractivity contribution >= 4 is 23.6 Å². The molecule has 4 rings (SSSR count). The summed E-state index contributed by atoms with van der Waals surface area (Å²) in [4.78, 5) is 19.4. The van der Waals surface area contributed by atoms with Crippen molar-refractivity contribution in [1.82, 2.24) is 15.3 Å². The van der Waals surface area contributed by atoms with Crippen molar-refractivity contribution < 1.29 is 4.79 Å². The molecule has 7 nitrogen and oxygen atoms in total. The van der Waals surface area contributed by atoms with Crippen LogP contribution in [0.5, 0.6) is 0 Å². The van der Waals surface area contributed by atoms with Crippen LogP contribution in [0.2, 0.25) is 0 Å². The number of anilines is 2. The van der Waals surface area contributed by atoms with Gasteiger partial charge in [0.1, 0.15) is 24.2 Å². The molecule has 2 fully saturated rings. The van der Waals surface area contributed by atoms with E-state index < -0.39 is 0 Å². The molecule has 3 atom stereocenters. The van der Waals surface area contributed by atoms with Crippen LogP contribution in [-0.4, -0.2) is 40.6 Å². The topological polar surface area (TPSA) is 117 Å². The Morgan fingerprint density at radius 1 is 1.36 bits per heavy atom. The fourth-order valence-electron chi connectivity index (χ4n) is 3.86. The third kappa shape index (κ3) is 2.87. The van der Waals surface area contributed by atoms with Gasteiger partial charge in [-0.3, -0.25) is 10.2 Å². The van der Waals surface area contributed by atoms with Crippen molar-refractivity contribution in [3.63, 3.8) is 0 Å². The molecule has 2 bridgehead atoms. The minimum absolute atomic E-state index is 0.209. The Bertz CT molecular complexity index is 836. The molecule has 128 valence electrons. The zero-order valence-electron chi connectivity index (χ0n) is 13.7. The van der Waals surface area contributed by atoms with E-state index in [0.717, 1.165) is 19.3 Å². The van der Waals surface area contributed by atoms with Crippen molar-refractivity contribution in [1.29, 1.82) is 5.41 Å². The summed E-state index contributed by atoms with van der Waals surface area (Å²) in [6, 6.07) is 7.62. The molecule has 2 heterocycles. The summed E-state index contributed by atoms with van der Waals surface area (Å²) >= 11 is 0. The minimum atomic E-state index is 0.209. The third-order valence-corrected chi connectivity index (χ3v) is 5.09. The molecule has 25 heavy (non-hydrogen) atoms. The SMILES string of the molecule is N=C(c1cccc(C=O)c1)c1c(N)ncnc1NC1CC2CNC1C2. The molecule has 2 aliphatic rings. The van der Waals surface area contributed by atoms with Crippen LogP contribution in [0.3, 0.4) is 0 Å². The Labute approximate surface area is 145 Å². The summed E-state index contributed by atoms with van der Waals surface area (Å²) < 4.78 is 0. The molecule has 1 saturated heterocycles. The van der Waals surface area contributed by atoms with Crippen LogP contribution in [0, 0.1) is 11.3 Å². The van der Waals surface area contributed by atoms with Gasteiger partial charge in [-0.1, -0.05) is 18.2 Å². The summed E-state index contributed by atoms with van der Waals surface area (Å²) in [5.74, 6) is 1.54. The Balaban J connectivity index is 1.66. The molecule has 0 amide bonds. The predicted molar refractivity (Wildman–Crippen MR) is 96.1 cm³/mol. The van der Waals surface area contributed by atoms with Crippen molar-refractivity contribution in [2.75, 3.05) is 17.6 Å². The van der Waals surface area contributed by atoms with Gasteiger partial charge in [0.2, 0.25) is 0 Å². The van der Waals surface area contributed by atoms with Gasteiger partial charge in [0.15, 0.2) is 0 Å². The monoisotopic (exact) mass is 336 g/mol. The maximum atomic E-state index is 11.0. The van der Waals surface area contributed by atoms with Gasteiger partial charge in [-0.2, -0.15) is 0 Å². The number of nitrogens with one attached hydrogen (secondary N) is 3. The number of nitrogens with zero attached hydrogens (tertiary/aromatic N) is 2. The lowest BCUT2D eigenvalue weighted by Crippen LogP contribution is -2.41. The fourth-order valence-corrected chi connectivity index (χ4v) is 3.86. The number of hydrogen-bond donors (Lipinski definition) is 4. The van der Waals surface area contributed by atoms with Crippen molar-refractivity contribution in [2.24, 2.45) is 5.92 Å². The number of carbonyl (C=O) groups is 1. The number of aldehydes is 1. The Hall–Kier alpha value is -2.80. The number of benzene rings is 1.